The monoisotopic (exact) mass is 309 g/mol. The van der Waals surface area contributed by atoms with E-state index < -0.39 is 0 Å². The Kier molecular flexibility index (Phi) is 7.15. The third-order valence-electron chi connectivity index (χ3n) is 5.55. The van der Waals surface area contributed by atoms with E-state index in [-0.39, 0.29) is 0 Å². The smallest absolute Gasteiger partial charge is 0.0125 e. The molecule has 0 aromatic carbocycles. The van der Waals surface area contributed by atoms with Crippen LogP contribution < -0.4 is 0 Å². The predicted octanol–water partition coefficient (Wildman–Crippen LogP) is 5.08. The fourth-order valence-corrected chi connectivity index (χ4v) is 5.88. The standard InChI is InChI=1S/C19H35NS/c1-5-16-11-10-15(2)12-18(16)14-21-19-9-7-6-8-17(19)13-20(3)4/h6-7,15-19H,5,8-14H2,1-4H3. The van der Waals surface area contributed by atoms with Gasteiger partial charge in [0.15, 0.2) is 0 Å². The molecule has 0 radical (unpaired) electrons. The lowest BCUT2D eigenvalue weighted by Gasteiger charge is -2.36. The quantitative estimate of drug-likeness (QED) is 0.630. The molecule has 0 spiro atoms. The molecule has 1 saturated carbocycles. The number of hydrogen-bond donors (Lipinski definition) is 0. The summed E-state index contributed by atoms with van der Waals surface area (Å²) in [5, 5.41) is 0.854. The van der Waals surface area contributed by atoms with Gasteiger partial charge in [-0.05, 0) is 69.2 Å². The normalized spacial score (nSPS) is 37.1. The number of nitrogens with zero attached hydrogens (tertiary/aromatic N) is 1. The molecule has 2 heteroatoms. The zero-order valence-corrected chi connectivity index (χ0v) is 15.4. The van der Waals surface area contributed by atoms with Crippen molar-refractivity contribution < 1.29 is 0 Å². The molecule has 2 aliphatic carbocycles. The van der Waals surface area contributed by atoms with E-state index in [0.717, 1.165) is 28.9 Å². The van der Waals surface area contributed by atoms with Gasteiger partial charge in [0, 0.05) is 11.8 Å². The van der Waals surface area contributed by atoms with Crippen LogP contribution >= 0.6 is 11.8 Å². The van der Waals surface area contributed by atoms with Gasteiger partial charge in [0.25, 0.3) is 0 Å². The van der Waals surface area contributed by atoms with E-state index in [1.165, 1.54) is 50.8 Å². The minimum atomic E-state index is 0.854. The van der Waals surface area contributed by atoms with Gasteiger partial charge in [-0.15, -0.1) is 0 Å². The summed E-state index contributed by atoms with van der Waals surface area (Å²) in [6.45, 7) is 6.11. The maximum Gasteiger partial charge on any atom is 0.0125 e. The van der Waals surface area contributed by atoms with Crippen LogP contribution in [0.3, 0.4) is 0 Å². The fraction of sp³-hybridized carbons (Fsp3) is 0.895. The van der Waals surface area contributed by atoms with Crippen molar-refractivity contribution in [2.75, 3.05) is 26.4 Å². The summed E-state index contributed by atoms with van der Waals surface area (Å²) in [5.41, 5.74) is 0. The minimum Gasteiger partial charge on any atom is -0.309 e. The second-order valence-electron chi connectivity index (χ2n) is 7.68. The van der Waals surface area contributed by atoms with Gasteiger partial charge in [0.05, 0.1) is 0 Å². The number of rotatable bonds is 6. The maximum atomic E-state index is 2.46. The zero-order valence-electron chi connectivity index (χ0n) is 14.6. The Morgan fingerprint density at radius 1 is 1.05 bits per heavy atom. The summed E-state index contributed by atoms with van der Waals surface area (Å²) < 4.78 is 0. The molecule has 122 valence electrons. The highest BCUT2D eigenvalue weighted by Gasteiger charge is 2.30. The number of thioether (sulfide) groups is 1. The average molecular weight is 310 g/mol. The van der Waals surface area contributed by atoms with Crippen LogP contribution in [0.4, 0.5) is 0 Å². The molecule has 5 atom stereocenters. The Morgan fingerprint density at radius 3 is 2.52 bits per heavy atom. The predicted molar refractivity (Wildman–Crippen MR) is 97.0 cm³/mol. The molecular formula is C19H35NS. The molecule has 0 aromatic rings. The van der Waals surface area contributed by atoms with E-state index in [9.17, 15) is 0 Å². The summed E-state index contributed by atoms with van der Waals surface area (Å²) in [6.07, 6.45) is 13.2. The summed E-state index contributed by atoms with van der Waals surface area (Å²) in [6, 6.07) is 0. The first-order valence-electron chi connectivity index (χ1n) is 9.01. The highest BCUT2D eigenvalue weighted by atomic mass is 32.2. The van der Waals surface area contributed by atoms with Crippen LogP contribution in [-0.2, 0) is 0 Å². The van der Waals surface area contributed by atoms with Gasteiger partial charge in [-0.3, -0.25) is 0 Å². The Morgan fingerprint density at radius 2 is 1.81 bits per heavy atom. The second kappa shape index (κ2) is 8.62. The molecule has 5 unspecified atom stereocenters. The van der Waals surface area contributed by atoms with Crippen molar-refractivity contribution in [1.82, 2.24) is 4.90 Å². The first-order valence-corrected chi connectivity index (χ1v) is 10.1. The molecule has 21 heavy (non-hydrogen) atoms. The van der Waals surface area contributed by atoms with Crippen molar-refractivity contribution in [1.29, 1.82) is 0 Å². The molecular weight excluding hydrogens is 274 g/mol. The van der Waals surface area contributed by atoms with Gasteiger partial charge in [0.1, 0.15) is 0 Å². The molecule has 1 fully saturated rings. The Labute approximate surface area is 136 Å². The van der Waals surface area contributed by atoms with Crippen molar-refractivity contribution >= 4 is 11.8 Å². The molecule has 2 aliphatic rings. The summed E-state index contributed by atoms with van der Waals surface area (Å²) in [7, 11) is 4.44. The van der Waals surface area contributed by atoms with E-state index in [0.29, 0.717) is 0 Å². The zero-order chi connectivity index (χ0) is 15.2. The summed E-state index contributed by atoms with van der Waals surface area (Å²) in [4.78, 5) is 2.37. The average Bonchev–Trinajstić information content (AvgIpc) is 2.46. The first kappa shape index (κ1) is 17.4. The highest BCUT2D eigenvalue weighted by Crippen LogP contribution is 2.40. The third kappa shape index (κ3) is 5.32. The van der Waals surface area contributed by atoms with E-state index in [2.05, 4.69) is 56.8 Å². The fourth-order valence-electron chi connectivity index (χ4n) is 4.26. The van der Waals surface area contributed by atoms with Crippen LogP contribution in [0, 0.1) is 23.7 Å². The molecule has 0 aromatic heterocycles. The largest absolute Gasteiger partial charge is 0.309 e. The number of hydrogen-bond acceptors (Lipinski definition) is 2. The molecule has 1 nitrogen and oxygen atoms in total. The second-order valence-corrected chi connectivity index (χ2v) is 8.96. The van der Waals surface area contributed by atoms with E-state index in [4.69, 9.17) is 0 Å². The highest BCUT2D eigenvalue weighted by molar-refractivity contribution is 7.99. The Hall–Kier alpha value is 0.0500. The van der Waals surface area contributed by atoms with Gasteiger partial charge in [-0.2, -0.15) is 11.8 Å². The molecule has 0 bridgehead atoms. The SMILES string of the molecule is CCC1CCC(C)CC1CSC1CC=CCC1CN(C)C. The minimum absolute atomic E-state index is 0.854. The number of allylic oxidation sites excluding steroid dienone is 2. The molecule has 0 heterocycles. The van der Waals surface area contributed by atoms with E-state index in [1.54, 1.807) is 0 Å². The Balaban J connectivity index is 1.85. The molecule has 0 amide bonds. The van der Waals surface area contributed by atoms with Crippen LogP contribution in [0.1, 0.15) is 52.4 Å². The van der Waals surface area contributed by atoms with Crippen molar-refractivity contribution in [3.63, 3.8) is 0 Å². The van der Waals surface area contributed by atoms with Crippen LogP contribution in [0.5, 0.6) is 0 Å². The topological polar surface area (TPSA) is 3.24 Å². The third-order valence-corrected chi connectivity index (χ3v) is 7.18. The maximum absolute atomic E-state index is 2.46. The van der Waals surface area contributed by atoms with E-state index in [1.807, 2.05) is 0 Å². The van der Waals surface area contributed by atoms with Gasteiger partial charge in [-0.1, -0.05) is 38.8 Å². The lowest BCUT2D eigenvalue weighted by Crippen LogP contribution is -2.32. The van der Waals surface area contributed by atoms with Gasteiger partial charge in [0.2, 0.25) is 0 Å². The van der Waals surface area contributed by atoms with Crippen LogP contribution in [0.15, 0.2) is 12.2 Å². The Bertz CT molecular complexity index is 326. The van der Waals surface area contributed by atoms with Gasteiger partial charge in [-0.25, -0.2) is 0 Å². The van der Waals surface area contributed by atoms with Crippen molar-refractivity contribution in [2.24, 2.45) is 23.7 Å². The molecule has 2 rings (SSSR count). The van der Waals surface area contributed by atoms with Gasteiger partial charge >= 0.3 is 0 Å². The van der Waals surface area contributed by atoms with Crippen LogP contribution in [0.25, 0.3) is 0 Å². The van der Waals surface area contributed by atoms with Crippen LogP contribution in [-0.4, -0.2) is 36.5 Å². The van der Waals surface area contributed by atoms with E-state index >= 15 is 0 Å². The molecule has 0 saturated heterocycles. The molecule has 0 aliphatic heterocycles. The first-order chi connectivity index (χ1) is 10.1. The van der Waals surface area contributed by atoms with Gasteiger partial charge < -0.3 is 4.90 Å². The van der Waals surface area contributed by atoms with Crippen molar-refractivity contribution in [3.05, 3.63) is 12.2 Å². The van der Waals surface area contributed by atoms with Crippen LogP contribution in [0.2, 0.25) is 0 Å². The lowest BCUT2D eigenvalue weighted by atomic mass is 9.74. The van der Waals surface area contributed by atoms with Crippen molar-refractivity contribution in [3.8, 4) is 0 Å². The van der Waals surface area contributed by atoms with Crippen molar-refractivity contribution in [2.45, 2.75) is 57.6 Å². The summed E-state index contributed by atoms with van der Waals surface area (Å²) >= 11 is 2.30. The summed E-state index contributed by atoms with van der Waals surface area (Å²) in [5.74, 6) is 5.21. The lowest BCUT2D eigenvalue weighted by molar-refractivity contribution is 0.203. The molecule has 0 N–H and O–H groups in total.